The Balaban J connectivity index is 1.77. The number of aliphatic imine (C=N–C) groups is 1. The number of rotatable bonds is 1. The van der Waals surface area contributed by atoms with E-state index in [1.807, 2.05) is 23.3 Å². The Bertz CT molecular complexity index is 795. The number of hydrogen-bond donors (Lipinski definition) is 0. The monoisotopic (exact) mass is 334 g/mol. The van der Waals surface area contributed by atoms with Crippen LogP contribution in [0.25, 0.3) is 16.8 Å². The number of pyridine rings is 1. The number of aromatic nitrogens is 2. The molecule has 0 fully saturated rings. The third-order valence-corrected chi connectivity index (χ3v) is 3.87. The number of oxazole rings is 1. The molecule has 5 nitrogen and oxygen atoms in total. The van der Waals surface area contributed by atoms with E-state index >= 15 is 0 Å². The largest absolute Gasteiger partial charge is 0.418 e. The molecule has 0 aliphatic carbocycles. The minimum atomic E-state index is -0.582. The molecule has 0 N–H and O–H groups in total. The normalized spacial score (nSPS) is 21.1. The van der Waals surface area contributed by atoms with Crippen molar-refractivity contribution in [2.75, 3.05) is 6.54 Å². The Hall–Kier alpha value is -2.02. The molecule has 2 aromatic rings. The van der Waals surface area contributed by atoms with E-state index in [0.717, 1.165) is 11.4 Å². The van der Waals surface area contributed by atoms with E-state index in [9.17, 15) is 4.39 Å². The summed E-state index contributed by atoms with van der Waals surface area (Å²) in [5.74, 6) is 0.683. The second-order valence-electron chi connectivity index (χ2n) is 4.43. The lowest BCUT2D eigenvalue weighted by Crippen LogP contribution is -2.27. The van der Waals surface area contributed by atoms with Gasteiger partial charge in [-0.3, -0.25) is 4.99 Å². The average molecular weight is 335 g/mol. The minimum absolute atomic E-state index is 0.186. The second-order valence-corrected chi connectivity index (χ2v) is 5.49. The highest BCUT2D eigenvalue weighted by molar-refractivity contribution is 9.09. The predicted molar refractivity (Wildman–Crippen MR) is 75.7 cm³/mol. The van der Waals surface area contributed by atoms with Gasteiger partial charge in [-0.05, 0) is 24.3 Å². The van der Waals surface area contributed by atoms with Crippen molar-refractivity contribution in [2.45, 2.75) is 4.95 Å². The first-order chi connectivity index (χ1) is 9.70. The van der Waals surface area contributed by atoms with Gasteiger partial charge in [0.05, 0.1) is 6.54 Å². The van der Waals surface area contributed by atoms with Crippen LogP contribution in [0, 0.1) is 5.95 Å². The summed E-state index contributed by atoms with van der Waals surface area (Å²) in [6.07, 6.45) is 5.70. The van der Waals surface area contributed by atoms with E-state index in [2.05, 4.69) is 30.9 Å². The van der Waals surface area contributed by atoms with Crippen molar-refractivity contribution in [1.82, 2.24) is 14.9 Å². The van der Waals surface area contributed by atoms with Crippen LogP contribution in [0.4, 0.5) is 4.39 Å². The van der Waals surface area contributed by atoms with Crippen molar-refractivity contribution in [3.8, 4) is 0 Å². The lowest BCUT2D eigenvalue weighted by Gasteiger charge is -2.21. The third kappa shape index (κ3) is 1.77. The molecule has 0 amide bonds. The lowest BCUT2D eigenvalue weighted by atomic mass is 10.2. The van der Waals surface area contributed by atoms with Crippen LogP contribution in [0.2, 0.25) is 0 Å². The number of hydrogen-bond acceptors (Lipinski definition) is 5. The van der Waals surface area contributed by atoms with Crippen LogP contribution in [-0.2, 0) is 0 Å². The molecule has 20 heavy (non-hydrogen) atoms. The summed E-state index contributed by atoms with van der Waals surface area (Å²) in [5, 5.41) is 0. The molecule has 0 spiro atoms. The van der Waals surface area contributed by atoms with Crippen molar-refractivity contribution in [3.63, 3.8) is 0 Å². The molecule has 7 heteroatoms. The number of amidine groups is 1. The maximum Gasteiger partial charge on any atom is 0.250 e. The maximum atomic E-state index is 13.0. The van der Waals surface area contributed by atoms with Gasteiger partial charge in [0.1, 0.15) is 16.3 Å². The van der Waals surface area contributed by atoms with E-state index < -0.39 is 5.95 Å². The van der Waals surface area contributed by atoms with Gasteiger partial charge in [-0.25, -0.2) is 4.98 Å². The van der Waals surface area contributed by atoms with Crippen molar-refractivity contribution in [3.05, 3.63) is 42.3 Å². The average Bonchev–Trinajstić information content (AvgIpc) is 3.02. The Kier molecular flexibility index (Phi) is 2.50. The molecule has 0 radical (unpaired) electrons. The summed E-state index contributed by atoms with van der Waals surface area (Å²) in [4.78, 5) is 14.6. The Labute approximate surface area is 121 Å². The Morgan fingerprint density at radius 2 is 2.25 bits per heavy atom. The topological polar surface area (TPSA) is 54.5 Å². The zero-order valence-electron chi connectivity index (χ0n) is 10.1. The van der Waals surface area contributed by atoms with Crippen LogP contribution >= 0.6 is 15.9 Å². The molecule has 0 saturated carbocycles. The van der Waals surface area contributed by atoms with Crippen molar-refractivity contribution >= 4 is 38.6 Å². The standard InChI is InChI=1S/C13H8BrFN4O/c14-9-6-16-11-5-7(3-4-19(9)11)12-17-8-1-2-10(15)18-13(8)20-12/h1-5,9H,6H2. The zero-order valence-corrected chi connectivity index (χ0v) is 11.7. The van der Waals surface area contributed by atoms with Crippen LogP contribution in [0.15, 0.2) is 39.9 Å². The molecule has 4 rings (SSSR count). The highest BCUT2D eigenvalue weighted by Crippen LogP contribution is 2.27. The number of allylic oxidation sites excluding steroid dienone is 2. The lowest BCUT2D eigenvalue weighted by molar-refractivity contribution is 0.543. The van der Waals surface area contributed by atoms with Crippen LogP contribution in [0.3, 0.4) is 0 Å². The summed E-state index contributed by atoms with van der Waals surface area (Å²) >= 11 is 3.53. The molecule has 0 aromatic carbocycles. The van der Waals surface area contributed by atoms with Gasteiger partial charge in [0.15, 0.2) is 0 Å². The van der Waals surface area contributed by atoms with E-state index in [-0.39, 0.29) is 10.7 Å². The first kappa shape index (κ1) is 11.8. The van der Waals surface area contributed by atoms with Crippen molar-refractivity contribution < 1.29 is 8.81 Å². The van der Waals surface area contributed by atoms with Gasteiger partial charge in [0.25, 0.3) is 0 Å². The fourth-order valence-electron chi connectivity index (χ4n) is 2.17. The molecule has 1 atom stereocenters. The molecular weight excluding hydrogens is 327 g/mol. The van der Waals surface area contributed by atoms with Crippen molar-refractivity contribution in [1.29, 1.82) is 0 Å². The molecule has 2 aliphatic heterocycles. The molecule has 0 saturated heterocycles. The first-order valence-electron chi connectivity index (χ1n) is 6.01. The van der Waals surface area contributed by atoms with Gasteiger partial charge in [-0.1, -0.05) is 15.9 Å². The van der Waals surface area contributed by atoms with Crippen LogP contribution in [0.1, 0.15) is 5.89 Å². The van der Waals surface area contributed by atoms with Gasteiger partial charge in [0, 0.05) is 11.8 Å². The minimum Gasteiger partial charge on any atom is -0.418 e. The Morgan fingerprint density at radius 1 is 1.35 bits per heavy atom. The summed E-state index contributed by atoms with van der Waals surface area (Å²) in [5.41, 5.74) is 1.52. The number of fused-ring (bicyclic) bond motifs is 2. The van der Waals surface area contributed by atoms with Crippen molar-refractivity contribution in [2.24, 2.45) is 4.99 Å². The first-order valence-corrected chi connectivity index (χ1v) is 6.92. The molecule has 100 valence electrons. The van der Waals surface area contributed by atoms with Gasteiger partial charge in [-0.15, -0.1) is 0 Å². The fourth-order valence-corrected chi connectivity index (χ4v) is 2.66. The second kappa shape index (κ2) is 4.24. The highest BCUT2D eigenvalue weighted by atomic mass is 79.9. The number of alkyl halides is 1. The maximum absolute atomic E-state index is 13.0. The Morgan fingerprint density at radius 3 is 3.15 bits per heavy atom. The molecule has 2 aromatic heterocycles. The predicted octanol–water partition coefficient (Wildman–Crippen LogP) is 2.71. The van der Waals surface area contributed by atoms with Crippen LogP contribution in [-0.4, -0.2) is 32.2 Å². The van der Waals surface area contributed by atoms with Gasteiger partial charge in [-0.2, -0.15) is 9.37 Å². The fraction of sp³-hybridized carbons (Fsp3) is 0.154. The van der Waals surface area contributed by atoms with Crippen LogP contribution in [0.5, 0.6) is 0 Å². The van der Waals surface area contributed by atoms with Gasteiger partial charge >= 0.3 is 0 Å². The zero-order chi connectivity index (χ0) is 13.7. The molecule has 4 heterocycles. The smallest absolute Gasteiger partial charge is 0.250 e. The summed E-state index contributed by atoms with van der Waals surface area (Å²) in [7, 11) is 0. The summed E-state index contributed by atoms with van der Waals surface area (Å²) in [6.45, 7) is 0.698. The van der Waals surface area contributed by atoms with Crippen LogP contribution < -0.4 is 0 Å². The van der Waals surface area contributed by atoms with Gasteiger partial charge < -0.3 is 9.32 Å². The van der Waals surface area contributed by atoms with E-state index in [4.69, 9.17) is 4.42 Å². The van der Waals surface area contributed by atoms with Gasteiger partial charge in [0.2, 0.25) is 17.6 Å². The molecule has 0 bridgehead atoms. The third-order valence-electron chi connectivity index (χ3n) is 3.14. The molecular formula is C13H8BrFN4O. The quantitative estimate of drug-likeness (QED) is 0.457. The van der Waals surface area contributed by atoms with E-state index in [1.54, 1.807) is 6.07 Å². The molecule has 1 unspecified atom stereocenters. The highest BCUT2D eigenvalue weighted by Gasteiger charge is 2.25. The SMILES string of the molecule is Fc1ccc2nc(C3=CC4=NCC(Br)N4C=C3)oc2n1. The van der Waals surface area contributed by atoms with E-state index in [1.165, 1.54) is 6.07 Å². The summed E-state index contributed by atoms with van der Waals surface area (Å²) < 4.78 is 18.5. The number of halogens is 2. The van der Waals surface area contributed by atoms with E-state index in [0.29, 0.717) is 18.0 Å². The number of nitrogens with zero attached hydrogens (tertiary/aromatic N) is 4. The summed E-state index contributed by atoms with van der Waals surface area (Å²) in [6, 6.07) is 2.81. The molecule has 2 aliphatic rings.